The van der Waals surface area contributed by atoms with E-state index in [-0.39, 0.29) is 6.61 Å². The standard InChI is InChI=1S/C4H11NO.C3H9N/c5-3-1-2-4-6;1-4(2)3/h6H,1-5H2;1-3H3. The van der Waals surface area contributed by atoms with Crippen LogP contribution in [0.5, 0.6) is 0 Å². The minimum absolute atomic E-state index is 0.275. The molecule has 0 aromatic carbocycles. The van der Waals surface area contributed by atoms with Crippen LogP contribution in [0.15, 0.2) is 0 Å². The van der Waals surface area contributed by atoms with E-state index in [4.69, 9.17) is 10.8 Å². The Kier molecular flexibility index (Phi) is 14.6. The second-order valence-electron chi connectivity index (χ2n) is 2.56. The van der Waals surface area contributed by atoms with Crippen molar-refractivity contribution in [3.8, 4) is 0 Å². The maximum atomic E-state index is 8.14. The van der Waals surface area contributed by atoms with Gasteiger partial charge in [-0.05, 0) is 40.5 Å². The highest BCUT2D eigenvalue weighted by molar-refractivity contribution is 4.34. The molecule has 10 heavy (non-hydrogen) atoms. The predicted octanol–water partition coefficient (Wildman–Crippen LogP) is -0.105. The SMILES string of the molecule is CN(C)C.NCCCCO. The normalized spacial score (nSPS) is 9.00. The summed E-state index contributed by atoms with van der Waals surface area (Å²) in [5.41, 5.74) is 5.10. The molecule has 0 aliphatic carbocycles. The average Bonchev–Trinajstić information content (AvgIpc) is 1.82. The van der Waals surface area contributed by atoms with Crippen molar-refractivity contribution in [1.29, 1.82) is 0 Å². The fraction of sp³-hybridized carbons (Fsp3) is 1.00. The smallest absolute Gasteiger partial charge is 0.0431 e. The van der Waals surface area contributed by atoms with Crippen LogP contribution in [-0.4, -0.2) is 44.3 Å². The molecule has 3 heteroatoms. The second kappa shape index (κ2) is 11.6. The number of unbranched alkanes of at least 4 members (excludes halogenated alkanes) is 1. The molecule has 0 saturated carbocycles. The Labute approximate surface area is 63.8 Å². The molecule has 64 valence electrons. The summed E-state index contributed by atoms with van der Waals surface area (Å²) >= 11 is 0. The van der Waals surface area contributed by atoms with Crippen LogP contribution in [-0.2, 0) is 0 Å². The zero-order chi connectivity index (χ0) is 8.41. The number of nitrogens with two attached hydrogens (primary N) is 1. The van der Waals surface area contributed by atoms with Gasteiger partial charge in [-0.2, -0.15) is 0 Å². The molecule has 0 atom stereocenters. The topological polar surface area (TPSA) is 49.5 Å². The summed E-state index contributed by atoms with van der Waals surface area (Å²) in [4.78, 5) is 2.00. The molecule has 0 amide bonds. The molecule has 3 N–H and O–H groups in total. The van der Waals surface area contributed by atoms with Gasteiger partial charge < -0.3 is 15.7 Å². The first-order valence-electron chi connectivity index (χ1n) is 3.57. The molecule has 0 heterocycles. The lowest BCUT2D eigenvalue weighted by Crippen LogP contribution is -1.99. The van der Waals surface area contributed by atoms with Crippen molar-refractivity contribution >= 4 is 0 Å². The van der Waals surface area contributed by atoms with Gasteiger partial charge in [-0.25, -0.2) is 0 Å². The minimum atomic E-state index is 0.275. The molecule has 0 radical (unpaired) electrons. The summed E-state index contributed by atoms with van der Waals surface area (Å²) < 4.78 is 0. The fourth-order valence-electron chi connectivity index (χ4n) is 0.256. The van der Waals surface area contributed by atoms with Crippen molar-refractivity contribution in [3.63, 3.8) is 0 Å². The molecule has 0 saturated heterocycles. The maximum Gasteiger partial charge on any atom is 0.0431 e. The molecule has 0 fully saturated rings. The van der Waals surface area contributed by atoms with Crippen LogP contribution in [0.3, 0.4) is 0 Å². The molecule has 0 bridgehead atoms. The number of hydrogen-bond acceptors (Lipinski definition) is 3. The largest absolute Gasteiger partial charge is 0.396 e. The number of aliphatic hydroxyl groups excluding tert-OH is 1. The number of hydrogen-bond donors (Lipinski definition) is 2. The van der Waals surface area contributed by atoms with E-state index in [2.05, 4.69) is 0 Å². The van der Waals surface area contributed by atoms with Gasteiger partial charge in [0, 0.05) is 6.61 Å². The lowest BCUT2D eigenvalue weighted by Gasteiger charge is -1.90. The first-order chi connectivity index (χ1) is 4.65. The van der Waals surface area contributed by atoms with Crippen molar-refractivity contribution in [2.24, 2.45) is 5.73 Å². The summed E-state index contributed by atoms with van der Waals surface area (Å²) in [5.74, 6) is 0. The lowest BCUT2D eigenvalue weighted by molar-refractivity contribution is 0.285. The molecule has 0 unspecified atom stereocenters. The van der Waals surface area contributed by atoms with Gasteiger partial charge in [0.25, 0.3) is 0 Å². The quantitative estimate of drug-likeness (QED) is 0.549. The van der Waals surface area contributed by atoms with Crippen molar-refractivity contribution in [2.45, 2.75) is 12.8 Å². The Morgan fingerprint density at radius 2 is 1.60 bits per heavy atom. The third kappa shape index (κ3) is 45.0. The average molecular weight is 148 g/mol. The van der Waals surface area contributed by atoms with Crippen LogP contribution in [0.1, 0.15) is 12.8 Å². The summed E-state index contributed by atoms with van der Waals surface area (Å²) in [7, 11) is 6.00. The van der Waals surface area contributed by atoms with Crippen LogP contribution in [0.25, 0.3) is 0 Å². The van der Waals surface area contributed by atoms with Gasteiger partial charge in [0.1, 0.15) is 0 Å². The second-order valence-corrected chi connectivity index (χ2v) is 2.56. The molecular formula is C7H20N2O. The van der Waals surface area contributed by atoms with E-state index in [1.165, 1.54) is 0 Å². The van der Waals surface area contributed by atoms with Gasteiger partial charge in [-0.1, -0.05) is 0 Å². The molecular weight excluding hydrogens is 128 g/mol. The Morgan fingerprint density at radius 3 is 1.70 bits per heavy atom. The molecule has 0 aliphatic heterocycles. The number of nitrogens with zero attached hydrogens (tertiary/aromatic N) is 1. The highest BCUT2D eigenvalue weighted by Gasteiger charge is 1.76. The Hall–Kier alpha value is -0.120. The summed E-state index contributed by atoms with van der Waals surface area (Å²) in [6.45, 7) is 0.970. The highest BCUT2D eigenvalue weighted by Crippen LogP contribution is 1.79. The monoisotopic (exact) mass is 148 g/mol. The third-order valence-electron chi connectivity index (χ3n) is 0.612. The van der Waals surface area contributed by atoms with Gasteiger partial charge in [0.05, 0.1) is 0 Å². The van der Waals surface area contributed by atoms with E-state index in [1.54, 1.807) is 0 Å². The van der Waals surface area contributed by atoms with Gasteiger partial charge in [-0.15, -0.1) is 0 Å². The van der Waals surface area contributed by atoms with Crippen molar-refractivity contribution in [1.82, 2.24) is 4.90 Å². The molecule has 0 aromatic heterocycles. The summed E-state index contributed by atoms with van der Waals surface area (Å²) in [5, 5.41) is 8.14. The van der Waals surface area contributed by atoms with Crippen molar-refractivity contribution in [3.05, 3.63) is 0 Å². The number of rotatable bonds is 3. The van der Waals surface area contributed by atoms with Crippen LogP contribution in [0.4, 0.5) is 0 Å². The van der Waals surface area contributed by atoms with Crippen LogP contribution >= 0.6 is 0 Å². The maximum absolute atomic E-state index is 8.14. The molecule has 0 spiro atoms. The first kappa shape index (κ1) is 12.5. The summed E-state index contributed by atoms with van der Waals surface area (Å²) in [6, 6.07) is 0. The lowest BCUT2D eigenvalue weighted by atomic mass is 10.3. The van der Waals surface area contributed by atoms with Gasteiger partial charge in [0.15, 0.2) is 0 Å². The number of aliphatic hydroxyl groups is 1. The highest BCUT2D eigenvalue weighted by atomic mass is 16.2. The Bertz CT molecular complexity index is 42.1. The van der Waals surface area contributed by atoms with Crippen LogP contribution in [0, 0.1) is 0 Å². The van der Waals surface area contributed by atoms with E-state index < -0.39 is 0 Å². The predicted molar refractivity (Wildman–Crippen MR) is 45.0 cm³/mol. The van der Waals surface area contributed by atoms with E-state index in [9.17, 15) is 0 Å². The fourth-order valence-corrected chi connectivity index (χ4v) is 0.256. The first-order valence-corrected chi connectivity index (χ1v) is 3.57. The minimum Gasteiger partial charge on any atom is -0.396 e. The Balaban J connectivity index is 0. The third-order valence-corrected chi connectivity index (χ3v) is 0.612. The molecule has 0 rings (SSSR count). The molecule has 0 aromatic rings. The van der Waals surface area contributed by atoms with E-state index >= 15 is 0 Å². The van der Waals surface area contributed by atoms with E-state index in [0.717, 1.165) is 12.8 Å². The zero-order valence-electron chi connectivity index (χ0n) is 7.30. The van der Waals surface area contributed by atoms with Gasteiger partial charge in [-0.3, -0.25) is 0 Å². The summed E-state index contributed by atoms with van der Waals surface area (Å²) in [6.07, 6.45) is 1.78. The van der Waals surface area contributed by atoms with Gasteiger partial charge >= 0.3 is 0 Å². The molecule has 0 aliphatic rings. The van der Waals surface area contributed by atoms with E-state index in [1.807, 2.05) is 26.0 Å². The Morgan fingerprint density at radius 1 is 1.20 bits per heavy atom. The van der Waals surface area contributed by atoms with Crippen LogP contribution in [0.2, 0.25) is 0 Å². The van der Waals surface area contributed by atoms with Crippen molar-refractivity contribution in [2.75, 3.05) is 34.3 Å². The zero-order valence-corrected chi connectivity index (χ0v) is 7.30. The van der Waals surface area contributed by atoms with Crippen molar-refractivity contribution < 1.29 is 5.11 Å². The van der Waals surface area contributed by atoms with Gasteiger partial charge in [0.2, 0.25) is 0 Å². The van der Waals surface area contributed by atoms with Crippen LogP contribution < -0.4 is 5.73 Å². The molecule has 3 nitrogen and oxygen atoms in total. The van der Waals surface area contributed by atoms with E-state index in [0.29, 0.717) is 6.54 Å².